The second-order valence-corrected chi connectivity index (χ2v) is 6.42. The molecule has 3 rings (SSSR count). The Morgan fingerprint density at radius 1 is 1.22 bits per heavy atom. The van der Waals surface area contributed by atoms with Gasteiger partial charge < -0.3 is 9.47 Å². The molecule has 4 unspecified atom stereocenters. The van der Waals surface area contributed by atoms with E-state index in [2.05, 4.69) is 6.92 Å². The molecule has 1 aliphatic heterocycles. The van der Waals surface area contributed by atoms with Gasteiger partial charge in [0.1, 0.15) is 0 Å². The first kappa shape index (κ1) is 12.5. The van der Waals surface area contributed by atoms with Gasteiger partial charge in [0.2, 0.25) is 0 Å². The molecule has 102 valence electrons. The van der Waals surface area contributed by atoms with Crippen molar-refractivity contribution in [3.05, 3.63) is 0 Å². The topological polar surface area (TPSA) is 38.8 Å². The Bertz CT molecular complexity index is 309. The number of hydrogen-bond donors (Lipinski definition) is 0. The average molecular weight is 252 g/mol. The summed E-state index contributed by atoms with van der Waals surface area (Å²) in [6.45, 7) is 2.84. The van der Waals surface area contributed by atoms with Gasteiger partial charge in [-0.2, -0.15) is 0 Å². The lowest BCUT2D eigenvalue weighted by molar-refractivity contribution is -0.151. The van der Waals surface area contributed by atoms with Crippen molar-refractivity contribution in [1.82, 2.24) is 0 Å². The quantitative estimate of drug-likeness (QED) is 0.572. The minimum Gasteiger partial charge on any atom is -0.465 e. The zero-order valence-corrected chi connectivity index (χ0v) is 11.3. The maximum absolute atomic E-state index is 12.1. The van der Waals surface area contributed by atoms with Crippen LogP contribution in [0.2, 0.25) is 0 Å². The molecular weight excluding hydrogens is 228 g/mol. The number of hydrogen-bond acceptors (Lipinski definition) is 3. The third-order valence-electron chi connectivity index (χ3n) is 4.88. The van der Waals surface area contributed by atoms with E-state index in [4.69, 9.17) is 9.47 Å². The van der Waals surface area contributed by atoms with Gasteiger partial charge in [0.25, 0.3) is 0 Å². The molecule has 0 spiro atoms. The molecule has 0 aromatic rings. The molecule has 1 saturated heterocycles. The minimum atomic E-state index is 0.0290. The number of carbonyl (C=O) groups is 1. The summed E-state index contributed by atoms with van der Waals surface area (Å²) in [5, 5.41) is 0. The predicted octanol–water partition coefficient (Wildman–Crippen LogP) is 2.92. The molecule has 1 heterocycles. The molecule has 3 nitrogen and oxygen atoms in total. The molecular formula is C15H24O3. The average Bonchev–Trinajstić information content (AvgIpc) is 3.17. The van der Waals surface area contributed by atoms with Gasteiger partial charge in [0, 0.05) is 0 Å². The van der Waals surface area contributed by atoms with Crippen LogP contribution >= 0.6 is 0 Å². The van der Waals surface area contributed by atoms with Gasteiger partial charge in [-0.1, -0.05) is 26.2 Å². The van der Waals surface area contributed by atoms with Crippen molar-refractivity contribution < 1.29 is 14.3 Å². The first-order chi connectivity index (χ1) is 8.74. The fraction of sp³-hybridized carbons (Fsp3) is 0.933. The predicted molar refractivity (Wildman–Crippen MR) is 68.1 cm³/mol. The van der Waals surface area contributed by atoms with Crippen LogP contribution in [-0.4, -0.2) is 24.8 Å². The van der Waals surface area contributed by atoms with Gasteiger partial charge in [0.05, 0.1) is 24.7 Å². The summed E-state index contributed by atoms with van der Waals surface area (Å²) in [5.41, 5.74) is 0. The van der Waals surface area contributed by atoms with Crippen molar-refractivity contribution in [2.75, 3.05) is 6.61 Å². The molecule has 0 radical (unpaired) electrons. The summed E-state index contributed by atoms with van der Waals surface area (Å²) in [6.07, 6.45) is 9.06. The number of ether oxygens (including phenoxy) is 2. The van der Waals surface area contributed by atoms with Gasteiger partial charge in [-0.05, 0) is 37.5 Å². The summed E-state index contributed by atoms with van der Waals surface area (Å²) < 4.78 is 11.1. The molecule has 0 amide bonds. The number of rotatable bonds is 3. The van der Waals surface area contributed by atoms with Crippen LogP contribution in [0.1, 0.15) is 51.9 Å². The largest absolute Gasteiger partial charge is 0.465 e. The monoisotopic (exact) mass is 252 g/mol. The van der Waals surface area contributed by atoms with E-state index in [9.17, 15) is 4.79 Å². The van der Waals surface area contributed by atoms with Crippen molar-refractivity contribution in [2.24, 2.45) is 17.8 Å². The third kappa shape index (κ3) is 2.71. The van der Waals surface area contributed by atoms with Gasteiger partial charge >= 0.3 is 5.97 Å². The lowest BCUT2D eigenvalue weighted by Gasteiger charge is -2.25. The van der Waals surface area contributed by atoms with Gasteiger partial charge in [0.15, 0.2) is 0 Å². The SMILES string of the molecule is CC1CC(C(=O)OCC2CCCCC2)CC2OC12. The fourth-order valence-corrected chi connectivity index (χ4v) is 3.67. The summed E-state index contributed by atoms with van der Waals surface area (Å²) in [5.74, 6) is 1.26. The smallest absolute Gasteiger partial charge is 0.309 e. The van der Waals surface area contributed by atoms with Crippen LogP contribution in [0.4, 0.5) is 0 Å². The van der Waals surface area contributed by atoms with Gasteiger partial charge in [-0.15, -0.1) is 0 Å². The van der Waals surface area contributed by atoms with E-state index in [1.165, 1.54) is 32.1 Å². The number of epoxide rings is 1. The van der Waals surface area contributed by atoms with E-state index in [1.807, 2.05) is 0 Å². The van der Waals surface area contributed by atoms with Gasteiger partial charge in [-0.3, -0.25) is 4.79 Å². The summed E-state index contributed by atoms with van der Waals surface area (Å²) in [6, 6.07) is 0. The van der Waals surface area contributed by atoms with Gasteiger partial charge in [-0.25, -0.2) is 0 Å². The van der Waals surface area contributed by atoms with E-state index in [-0.39, 0.29) is 11.9 Å². The molecule has 3 aliphatic rings. The fourth-order valence-electron chi connectivity index (χ4n) is 3.67. The Hall–Kier alpha value is -0.570. The van der Waals surface area contributed by atoms with E-state index < -0.39 is 0 Å². The number of esters is 1. The van der Waals surface area contributed by atoms with Crippen molar-refractivity contribution in [2.45, 2.75) is 64.1 Å². The van der Waals surface area contributed by atoms with Crippen LogP contribution in [0.5, 0.6) is 0 Å². The minimum absolute atomic E-state index is 0.0290. The van der Waals surface area contributed by atoms with E-state index in [1.54, 1.807) is 0 Å². The Kier molecular flexibility index (Phi) is 3.60. The van der Waals surface area contributed by atoms with Crippen molar-refractivity contribution >= 4 is 5.97 Å². The highest BCUT2D eigenvalue weighted by Crippen LogP contribution is 2.43. The van der Waals surface area contributed by atoms with Crippen molar-refractivity contribution in [1.29, 1.82) is 0 Å². The highest BCUT2D eigenvalue weighted by Gasteiger charge is 2.50. The van der Waals surface area contributed by atoms with E-state index in [0.29, 0.717) is 30.7 Å². The molecule has 0 aromatic heterocycles. The van der Waals surface area contributed by atoms with E-state index >= 15 is 0 Å². The number of carbonyl (C=O) groups excluding carboxylic acids is 1. The van der Waals surface area contributed by atoms with Crippen molar-refractivity contribution in [3.8, 4) is 0 Å². The molecule has 4 atom stereocenters. The molecule has 2 saturated carbocycles. The highest BCUT2D eigenvalue weighted by molar-refractivity contribution is 5.72. The molecule has 0 aromatic carbocycles. The third-order valence-corrected chi connectivity index (χ3v) is 4.88. The maximum atomic E-state index is 12.1. The van der Waals surface area contributed by atoms with Crippen LogP contribution in [0, 0.1) is 17.8 Å². The molecule has 18 heavy (non-hydrogen) atoms. The molecule has 0 N–H and O–H groups in total. The molecule has 0 bridgehead atoms. The Balaban J connectivity index is 1.43. The van der Waals surface area contributed by atoms with Crippen LogP contribution in [0.3, 0.4) is 0 Å². The zero-order chi connectivity index (χ0) is 12.5. The van der Waals surface area contributed by atoms with Crippen molar-refractivity contribution in [3.63, 3.8) is 0 Å². The van der Waals surface area contributed by atoms with Crippen LogP contribution in [-0.2, 0) is 14.3 Å². The molecule has 2 aliphatic carbocycles. The second-order valence-electron chi connectivity index (χ2n) is 6.42. The second kappa shape index (κ2) is 5.20. The Morgan fingerprint density at radius 3 is 2.72 bits per heavy atom. The first-order valence-electron chi connectivity index (χ1n) is 7.56. The lowest BCUT2D eigenvalue weighted by Crippen LogP contribution is -2.29. The van der Waals surface area contributed by atoms with Crippen LogP contribution in [0.25, 0.3) is 0 Å². The highest BCUT2D eigenvalue weighted by atomic mass is 16.6. The van der Waals surface area contributed by atoms with Crippen LogP contribution in [0.15, 0.2) is 0 Å². The Morgan fingerprint density at radius 2 is 2.00 bits per heavy atom. The Labute approximate surface area is 109 Å². The molecule has 3 fully saturated rings. The maximum Gasteiger partial charge on any atom is 0.309 e. The zero-order valence-electron chi connectivity index (χ0n) is 11.3. The standard InChI is InChI=1S/C15H24O3/c1-10-7-12(8-13-14(10)18-13)15(16)17-9-11-5-3-2-4-6-11/h10-14H,2-9H2,1H3. The van der Waals surface area contributed by atoms with E-state index in [0.717, 1.165) is 12.8 Å². The summed E-state index contributed by atoms with van der Waals surface area (Å²) in [7, 11) is 0. The molecule has 3 heteroatoms. The van der Waals surface area contributed by atoms with Crippen LogP contribution < -0.4 is 0 Å². The summed E-state index contributed by atoms with van der Waals surface area (Å²) in [4.78, 5) is 12.1. The first-order valence-corrected chi connectivity index (χ1v) is 7.56. The lowest BCUT2D eigenvalue weighted by atomic mass is 9.82. The summed E-state index contributed by atoms with van der Waals surface area (Å²) >= 11 is 0. The number of fused-ring (bicyclic) bond motifs is 1. The normalized spacial score (nSPS) is 40.1.